The van der Waals surface area contributed by atoms with E-state index in [1.54, 1.807) is 21.8 Å². The number of ether oxygens (including phenoxy) is 2. The minimum absolute atomic E-state index is 0.135. The highest BCUT2D eigenvalue weighted by atomic mass is 16.6. The van der Waals surface area contributed by atoms with Crippen LogP contribution in [0.1, 0.15) is 32.8 Å². The molecule has 1 N–H and O–H groups in total. The quantitative estimate of drug-likeness (QED) is 0.584. The number of carbonyl (C=O) groups is 3. The number of rotatable bonds is 7. The van der Waals surface area contributed by atoms with Crippen molar-refractivity contribution in [2.75, 3.05) is 43.1 Å². The van der Waals surface area contributed by atoms with Crippen LogP contribution in [0.25, 0.3) is 0 Å². The van der Waals surface area contributed by atoms with Crippen molar-refractivity contribution in [3.63, 3.8) is 0 Å². The molecular formula is C28H35N3O6. The van der Waals surface area contributed by atoms with Gasteiger partial charge in [0, 0.05) is 43.6 Å². The summed E-state index contributed by atoms with van der Waals surface area (Å²) in [5.74, 6) is -1.03. The molecule has 0 saturated carbocycles. The Morgan fingerprint density at radius 2 is 1.68 bits per heavy atom. The number of carbonyl (C=O) groups excluding carboxylic acids is 2. The molecule has 9 nitrogen and oxygen atoms in total. The molecule has 2 aromatic carbocycles. The SMILES string of the molecule is COc1cccc(N2CCN(c3cccc(C[C@@H](C(=O)O)[C@H]4CCN(C(=O)OC(C)(C)C)C4)c3)C2=O)c1. The van der Waals surface area contributed by atoms with Crippen LogP contribution in [0.3, 0.4) is 0 Å². The second-order valence-electron chi connectivity index (χ2n) is 10.6. The van der Waals surface area contributed by atoms with Crippen molar-refractivity contribution >= 4 is 29.5 Å². The van der Waals surface area contributed by atoms with Crippen LogP contribution in [-0.2, 0) is 16.0 Å². The van der Waals surface area contributed by atoms with Crippen molar-refractivity contribution in [2.24, 2.45) is 11.8 Å². The standard InChI is InChI=1S/C28H35N3O6/c1-28(2,3)37-27(35)29-12-11-20(18-29)24(25(32)33)16-19-7-5-8-21(15-19)30-13-14-31(26(30)34)22-9-6-10-23(17-22)36-4/h5-10,15,17,20,24H,11-14,16,18H2,1-4H3,(H,32,33)/t20-,24+/m0/s1. The molecule has 2 heterocycles. The number of hydrogen-bond donors (Lipinski definition) is 1. The van der Waals surface area contributed by atoms with Crippen molar-refractivity contribution in [3.8, 4) is 5.75 Å². The summed E-state index contributed by atoms with van der Waals surface area (Å²) in [6, 6.07) is 14.8. The van der Waals surface area contributed by atoms with E-state index in [9.17, 15) is 19.5 Å². The monoisotopic (exact) mass is 509 g/mol. The molecule has 2 aromatic rings. The minimum atomic E-state index is -0.886. The van der Waals surface area contributed by atoms with Gasteiger partial charge in [-0.15, -0.1) is 0 Å². The van der Waals surface area contributed by atoms with Gasteiger partial charge in [-0.2, -0.15) is 0 Å². The molecule has 2 aliphatic rings. The molecule has 4 rings (SSSR count). The van der Waals surface area contributed by atoms with E-state index < -0.39 is 23.6 Å². The molecule has 0 aromatic heterocycles. The molecule has 37 heavy (non-hydrogen) atoms. The van der Waals surface area contributed by atoms with E-state index in [0.717, 1.165) is 16.9 Å². The maximum Gasteiger partial charge on any atom is 0.410 e. The predicted octanol–water partition coefficient (Wildman–Crippen LogP) is 4.64. The molecular weight excluding hydrogens is 474 g/mol. The molecule has 9 heteroatoms. The van der Waals surface area contributed by atoms with E-state index in [4.69, 9.17) is 9.47 Å². The number of likely N-dealkylation sites (tertiary alicyclic amines) is 1. The largest absolute Gasteiger partial charge is 0.497 e. The molecule has 0 radical (unpaired) electrons. The summed E-state index contributed by atoms with van der Waals surface area (Å²) < 4.78 is 10.7. The van der Waals surface area contributed by atoms with Crippen LogP contribution < -0.4 is 14.5 Å². The average Bonchev–Trinajstić information content (AvgIpc) is 3.49. The highest BCUT2D eigenvalue weighted by Gasteiger charge is 2.37. The van der Waals surface area contributed by atoms with Gasteiger partial charge in [0.25, 0.3) is 0 Å². The Balaban J connectivity index is 1.44. The number of anilines is 2. The lowest BCUT2D eigenvalue weighted by molar-refractivity contribution is -0.143. The maximum absolute atomic E-state index is 13.2. The number of carboxylic acid groups (broad SMARTS) is 1. The van der Waals surface area contributed by atoms with E-state index >= 15 is 0 Å². The molecule has 2 aliphatic heterocycles. The summed E-state index contributed by atoms with van der Waals surface area (Å²) in [6.45, 7) is 7.33. The van der Waals surface area contributed by atoms with Crippen LogP contribution in [0, 0.1) is 11.8 Å². The summed E-state index contributed by atoms with van der Waals surface area (Å²) in [5.41, 5.74) is 1.74. The highest BCUT2D eigenvalue weighted by Crippen LogP contribution is 2.31. The van der Waals surface area contributed by atoms with Gasteiger partial charge < -0.3 is 19.5 Å². The Labute approximate surface area is 217 Å². The molecule has 2 atom stereocenters. The van der Waals surface area contributed by atoms with Gasteiger partial charge in [0.2, 0.25) is 0 Å². The highest BCUT2D eigenvalue weighted by molar-refractivity contribution is 6.06. The van der Waals surface area contributed by atoms with Crippen molar-refractivity contribution in [3.05, 3.63) is 54.1 Å². The summed E-state index contributed by atoms with van der Waals surface area (Å²) in [5, 5.41) is 10.0. The fourth-order valence-electron chi connectivity index (χ4n) is 4.96. The number of urea groups is 1. The number of amides is 3. The molecule has 2 saturated heterocycles. The van der Waals surface area contributed by atoms with Gasteiger partial charge >= 0.3 is 18.1 Å². The number of methoxy groups -OCH3 is 1. The van der Waals surface area contributed by atoms with Crippen LogP contribution in [-0.4, -0.2) is 67.0 Å². The number of carboxylic acids is 1. The van der Waals surface area contributed by atoms with Crippen LogP contribution in [0.15, 0.2) is 48.5 Å². The molecule has 0 spiro atoms. The molecule has 0 aliphatic carbocycles. The Morgan fingerprint density at radius 1 is 1.03 bits per heavy atom. The van der Waals surface area contributed by atoms with Crippen molar-refractivity contribution in [1.82, 2.24) is 4.90 Å². The van der Waals surface area contributed by atoms with Crippen LogP contribution in [0.2, 0.25) is 0 Å². The summed E-state index contributed by atoms with van der Waals surface area (Å²) in [7, 11) is 1.59. The molecule has 0 bridgehead atoms. The van der Waals surface area contributed by atoms with E-state index in [-0.39, 0.29) is 11.9 Å². The van der Waals surface area contributed by atoms with Crippen LogP contribution in [0.5, 0.6) is 5.75 Å². The van der Waals surface area contributed by atoms with Crippen molar-refractivity contribution in [1.29, 1.82) is 0 Å². The van der Waals surface area contributed by atoms with Crippen LogP contribution >= 0.6 is 0 Å². The second-order valence-corrected chi connectivity index (χ2v) is 10.6. The number of aliphatic carboxylic acids is 1. The average molecular weight is 510 g/mol. The summed E-state index contributed by atoms with van der Waals surface area (Å²) >= 11 is 0. The van der Waals surface area contributed by atoms with Crippen molar-refractivity contribution in [2.45, 2.75) is 39.2 Å². The van der Waals surface area contributed by atoms with Gasteiger partial charge in [-0.3, -0.25) is 14.6 Å². The number of benzene rings is 2. The van der Waals surface area contributed by atoms with Gasteiger partial charge in [0.05, 0.1) is 13.0 Å². The normalized spacial score (nSPS) is 18.8. The maximum atomic E-state index is 13.2. The first-order chi connectivity index (χ1) is 17.6. The minimum Gasteiger partial charge on any atom is -0.497 e. The number of hydrogen-bond acceptors (Lipinski definition) is 5. The molecule has 2 fully saturated rings. The smallest absolute Gasteiger partial charge is 0.410 e. The lowest BCUT2D eigenvalue weighted by atomic mass is 9.86. The fraction of sp³-hybridized carbons (Fsp3) is 0.464. The van der Waals surface area contributed by atoms with E-state index in [0.29, 0.717) is 44.8 Å². The molecule has 3 amide bonds. The second kappa shape index (κ2) is 10.7. The zero-order valence-electron chi connectivity index (χ0n) is 21.8. The Morgan fingerprint density at radius 3 is 2.30 bits per heavy atom. The number of nitrogens with zero attached hydrogens (tertiary/aromatic N) is 3. The molecule has 0 unspecified atom stereocenters. The first-order valence-electron chi connectivity index (χ1n) is 12.6. The third-order valence-corrected chi connectivity index (χ3v) is 6.81. The third kappa shape index (κ3) is 6.15. The van der Waals surface area contributed by atoms with E-state index in [2.05, 4.69) is 0 Å². The van der Waals surface area contributed by atoms with E-state index in [1.807, 2.05) is 69.3 Å². The van der Waals surface area contributed by atoms with Crippen LogP contribution in [0.4, 0.5) is 21.0 Å². The zero-order chi connectivity index (χ0) is 26.7. The third-order valence-electron chi connectivity index (χ3n) is 6.81. The molecule has 198 valence electrons. The van der Waals surface area contributed by atoms with Gasteiger partial charge in [-0.1, -0.05) is 18.2 Å². The fourth-order valence-corrected chi connectivity index (χ4v) is 4.96. The zero-order valence-corrected chi connectivity index (χ0v) is 21.8. The Kier molecular flexibility index (Phi) is 7.61. The summed E-state index contributed by atoms with van der Waals surface area (Å²) in [4.78, 5) is 42.9. The van der Waals surface area contributed by atoms with Gasteiger partial charge in [-0.25, -0.2) is 9.59 Å². The van der Waals surface area contributed by atoms with Gasteiger partial charge in [0.1, 0.15) is 11.4 Å². The predicted molar refractivity (Wildman–Crippen MR) is 140 cm³/mol. The van der Waals surface area contributed by atoms with Crippen molar-refractivity contribution < 1.29 is 29.0 Å². The van der Waals surface area contributed by atoms with Gasteiger partial charge in [-0.05, 0) is 69.4 Å². The Bertz CT molecular complexity index is 1160. The first-order valence-corrected chi connectivity index (χ1v) is 12.6. The topological polar surface area (TPSA) is 99.6 Å². The lowest BCUT2D eigenvalue weighted by Gasteiger charge is -2.25. The van der Waals surface area contributed by atoms with Gasteiger partial charge in [0.15, 0.2) is 0 Å². The lowest BCUT2D eigenvalue weighted by Crippen LogP contribution is -2.36. The summed E-state index contributed by atoms with van der Waals surface area (Å²) in [6.07, 6.45) is 0.516. The van der Waals surface area contributed by atoms with E-state index in [1.165, 1.54) is 0 Å². The Hall–Kier alpha value is -3.75. The first kappa shape index (κ1) is 26.3.